The van der Waals surface area contributed by atoms with E-state index >= 15 is 0 Å². The number of hydrogen-bond donors (Lipinski definition) is 2. The molecule has 0 radical (unpaired) electrons. The van der Waals surface area contributed by atoms with Gasteiger partial charge >= 0.3 is 0 Å². The normalized spacial score (nSPS) is 25.5. The first-order chi connectivity index (χ1) is 9.33. The van der Waals surface area contributed by atoms with Gasteiger partial charge in [0.25, 0.3) is 0 Å². The lowest BCUT2D eigenvalue weighted by Gasteiger charge is -2.22. The molecule has 0 unspecified atom stereocenters. The highest BCUT2D eigenvalue weighted by Gasteiger charge is 2.41. The Morgan fingerprint density at radius 2 is 2.16 bits per heavy atom. The number of hydrogen-bond acceptors (Lipinski definition) is 5. The second kappa shape index (κ2) is 6.30. The average Bonchev–Trinajstić information content (AvgIpc) is 3.00. The van der Waals surface area contributed by atoms with Crippen molar-refractivity contribution in [1.82, 2.24) is 20.7 Å². The zero-order valence-electron chi connectivity index (χ0n) is 10.4. The minimum absolute atomic E-state index is 0.575. The van der Waals surface area contributed by atoms with Gasteiger partial charge in [-0.05, 0) is 24.4 Å². The van der Waals surface area contributed by atoms with Crippen LogP contribution in [0.1, 0.15) is 5.69 Å². The third-order valence-electron chi connectivity index (χ3n) is 3.11. The van der Waals surface area contributed by atoms with Crippen molar-refractivity contribution in [3.05, 3.63) is 30.1 Å². The fourth-order valence-electron chi connectivity index (χ4n) is 2.14. The third-order valence-corrected chi connectivity index (χ3v) is 6.34. The molecule has 0 spiro atoms. The van der Waals surface area contributed by atoms with Gasteiger partial charge in [0.2, 0.25) is 0 Å². The molecule has 2 N–H and O–H groups in total. The van der Waals surface area contributed by atoms with Gasteiger partial charge in [-0.15, -0.1) is 23.5 Å². The van der Waals surface area contributed by atoms with E-state index in [0.717, 1.165) is 23.8 Å². The molecule has 0 aliphatic carbocycles. The van der Waals surface area contributed by atoms with Crippen molar-refractivity contribution in [2.24, 2.45) is 0 Å². The van der Waals surface area contributed by atoms with Crippen LogP contribution in [0.2, 0.25) is 0 Å². The Morgan fingerprint density at radius 3 is 2.79 bits per heavy atom. The first-order valence-electron chi connectivity index (χ1n) is 6.29. The van der Waals surface area contributed by atoms with Crippen LogP contribution < -0.4 is 10.7 Å². The predicted molar refractivity (Wildman–Crippen MR) is 86.0 cm³/mol. The highest BCUT2D eigenvalue weighted by molar-refractivity contribution is 8.07. The Labute approximate surface area is 127 Å². The maximum absolute atomic E-state index is 5.34. The van der Waals surface area contributed by atoms with Crippen LogP contribution in [0.15, 0.2) is 24.4 Å². The Hall–Kier alpha value is -0.500. The maximum Gasteiger partial charge on any atom is 0.181 e. The standard InChI is InChI=1S/C12H16N4S3/c17-12(14-6-4-9-3-1-2-5-13-9)15-16-10-7-18-11(16)8-19-10/h1-3,5,10-11H,4,6-8H2,(H2,14,15,17)/t10-,11-/m1/s1. The minimum atomic E-state index is 0.575. The number of nitrogens with zero attached hydrogens (tertiary/aromatic N) is 2. The van der Waals surface area contributed by atoms with Crippen molar-refractivity contribution < 1.29 is 0 Å². The lowest BCUT2D eigenvalue weighted by Crippen LogP contribution is -2.49. The summed E-state index contributed by atoms with van der Waals surface area (Å²) in [5.41, 5.74) is 4.41. The third kappa shape index (κ3) is 3.34. The fraction of sp³-hybridized carbons (Fsp3) is 0.500. The quantitative estimate of drug-likeness (QED) is 0.816. The summed E-state index contributed by atoms with van der Waals surface area (Å²) in [4.78, 5) is 4.29. The van der Waals surface area contributed by atoms with E-state index in [9.17, 15) is 0 Å². The molecule has 19 heavy (non-hydrogen) atoms. The lowest BCUT2D eigenvalue weighted by molar-refractivity contribution is 0.254. The zero-order valence-corrected chi connectivity index (χ0v) is 12.9. The first kappa shape index (κ1) is 13.5. The predicted octanol–water partition coefficient (Wildman–Crippen LogP) is 1.45. The van der Waals surface area contributed by atoms with Crippen molar-refractivity contribution in [2.75, 3.05) is 18.1 Å². The second-order valence-corrected chi connectivity index (χ2v) is 7.25. The molecule has 4 nitrogen and oxygen atoms in total. The molecule has 3 heterocycles. The lowest BCUT2D eigenvalue weighted by atomic mass is 10.3. The SMILES string of the molecule is S=C(NCCc1ccccn1)NN1[C@H]2CS[C@@H]1CS2. The number of thiocarbonyl (C=S) groups is 1. The van der Waals surface area contributed by atoms with E-state index < -0.39 is 0 Å². The van der Waals surface area contributed by atoms with Crippen LogP contribution in [-0.2, 0) is 6.42 Å². The largest absolute Gasteiger partial charge is 0.361 e. The molecule has 2 aliphatic heterocycles. The van der Waals surface area contributed by atoms with Crippen LogP contribution in [0.25, 0.3) is 0 Å². The summed E-state index contributed by atoms with van der Waals surface area (Å²) < 4.78 is 0. The van der Waals surface area contributed by atoms with Crippen LogP contribution >= 0.6 is 35.7 Å². The molecule has 3 rings (SSSR count). The van der Waals surface area contributed by atoms with Crippen LogP contribution in [0.3, 0.4) is 0 Å². The molecule has 2 fully saturated rings. The molecule has 1 aromatic heterocycles. The number of pyridine rings is 1. The van der Waals surface area contributed by atoms with Gasteiger partial charge in [0.1, 0.15) is 0 Å². The van der Waals surface area contributed by atoms with Gasteiger partial charge in [-0.25, -0.2) is 0 Å². The van der Waals surface area contributed by atoms with Gasteiger partial charge < -0.3 is 5.32 Å². The van der Waals surface area contributed by atoms with Gasteiger partial charge in [-0.1, -0.05) is 6.07 Å². The molecule has 2 saturated heterocycles. The molecular weight excluding hydrogens is 296 g/mol. The average molecular weight is 312 g/mol. The molecular formula is C12H16N4S3. The van der Waals surface area contributed by atoms with Crippen LogP contribution in [0.5, 0.6) is 0 Å². The first-order valence-corrected chi connectivity index (χ1v) is 8.79. The molecule has 2 aliphatic rings. The van der Waals surface area contributed by atoms with E-state index in [1.165, 1.54) is 11.5 Å². The van der Waals surface area contributed by atoms with Crippen molar-refractivity contribution >= 4 is 40.9 Å². The Bertz CT molecular complexity index is 422. The van der Waals surface area contributed by atoms with E-state index in [1.54, 1.807) is 0 Å². The van der Waals surface area contributed by atoms with Crippen LogP contribution in [-0.4, -0.2) is 43.9 Å². The zero-order chi connectivity index (χ0) is 13.1. The monoisotopic (exact) mass is 312 g/mol. The number of fused-ring (bicyclic) bond motifs is 2. The van der Waals surface area contributed by atoms with Crippen LogP contribution in [0, 0.1) is 0 Å². The minimum Gasteiger partial charge on any atom is -0.361 e. The Morgan fingerprint density at radius 1 is 1.37 bits per heavy atom. The molecule has 102 valence electrons. The van der Waals surface area contributed by atoms with Gasteiger partial charge in [-0.3, -0.25) is 10.4 Å². The number of rotatable bonds is 4. The van der Waals surface area contributed by atoms with E-state index in [2.05, 4.69) is 20.7 Å². The maximum atomic E-state index is 5.34. The number of nitrogens with one attached hydrogen (secondary N) is 2. The highest BCUT2D eigenvalue weighted by atomic mass is 32.2. The summed E-state index contributed by atoms with van der Waals surface area (Å²) in [6.45, 7) is 0.812. The van der Waals surface area contributed by atoms with Gasteiger partial charge in [-0.2, -0.15) is 5.01 Å². The second-order valence-electron chi connectivity index (χ2n) is 4.42. The number of hydrazine groups is 1. The summed E-state index contributed by atoms with van der Waals surface area (Å²) >= 11 is 9.35. The summed E-state index contributed by atoms with van der Waals surface area (Å²) in [7, 11) is 0. The Balaban J connectivity index is 1.40. The van der Waals surface area contributed by atoms with Gasteiger partial charge in [0.15, 0.2) is 5.11 Å². The Kier molecular flexibility index (Phi) is 4.47. The fourth-order valence-corrected chi connectivity index (χ4v) is 5.48. The van der Waals surface area contributed by atoms with Crippen LogP contribution in [0.4, 0.5) is 0 Å². The number of thioether (sulfide) groups is 2. The van der Waals surface area contributed by atoms with Crippen molar-refractivity contribution in [2.45, 2.75) is 17.2 Å². The molecule has 0 amide bonds. The summed E-state index contributed by atoms with van der Waals surface area (Å²) in [5.74, 6) is 2.39. The van der Waals surface area contributed by atoms with E-state index in [4.69, 9.17) is 12.2 Å². The molecule has 1 aromatic rings. The summed E-state index contributed by atoms with van der Waals surface area (Å²) in [6.07, 6.45) is 2.71. The van der Waals surface area contributed by atoms with Crippen molar-refractivity contribution in [3.8, 4) is 0 Å². The van der Waals surface area contributed by atoms with E-state index in [1.807, 2.05) is 47.9 Å². The van der Waals surface area contributed by atoms with Crippen molar-refractivity contribution in [1.29, 1.82) is 0 Å². The molecule has 2 atom stereocenters. The van der Waals surface area contributed by atoms with E-state index in [0.29, 0.717) is 10.7 Å². The molecule has 0 aromatic carbocycles. The van der Waals surface area contributed by atoms with E-state index in [-0.39, 0.29) is 0 Å². The summed E-state index contributed by atoms with van der Waals surface area (Å²) in [5, 5.41) is 7.40. The van der Waals surface area contributed by atoms with Crippen molar-refractivity contribution in [3.63, 3.8) is 0 Å². The number of aromatic nitrogens is 1. The van der Waals surface area contributed by atoms with Gasteiger partial charge in [0.05, 0.1) is 10.7 Å². The summed E-state index contributed by atoms with van der Waals surface area (Å²) in [6, 6.07) is 5.98. The van der Waals surface area contributed by atoms with Gasteiger partial charge in [0, 0.05) is 36.4 Å². The molecule has 7 heteroatoms. The smallest absolute Gasteiger partial charge is 0.181 e. The molecule has 2 bridgehead atoms. The topological polar surface area (TPSA) is 40.2 Å². The molecule has 0 saturated carbocycles. The highest BCUT2D eigenvalue weighted by Crippen LogP contribution is 2.42.